The zero-order valence-electron chi connectivity index (χ0n) is 15.4. The molecule has 0 aliphatic heterocycles. The van der Waals surface area contributed by atoms with Crippen LogP contribution in [0.1, 0.15) is 12.8 Å². The third-order valence-electron chi connectivity index (χ3n) is 4.56. The molecule has 146 valence electrons. The Morgan fingerprint density at radius 1 is 1.39 bits per heavy atom. The minimum absolute atomic E-state index is 0.160. The number of hydrogen-bond donors (Lipinski definition) is 1. The molecule has 4 rings (SSSR count). The van der Waals surface area contributed by atoms with Gasteiger partial charge in [-0.1, -0.05) is 0 Å². The second-order valence-corrected chi connectivity index (χ2v) is 7.98. The quantitative estimate of drug-likeness (QED) is 0.638. The van der Waals surface area contributed by atoms with Crippen LogP contribution in [0.3, 0.4) is 0 Å². The molecule has 1 saturated carbocycles. The summed E-state index contributed by atoms with van der Waals surface area (Å²) in [5.41, 5.74) is 0.714. The molecule has 28 heavy (non-hydrogen) atoms. The second-order valence-electron chi connectivity index (χ2n) is 6.87. The van der Waals surface area contributed by atoms with Crippen molar-refractivity contribution in [2.75, 3.05) is 17.6 Å². The summed E-state index contributed by atoms with van der Waals surface area (Å²) in [6.45, 7) is 0.543. The van der Waals surface area contributed by atoms with E-state index in [0.29, 0.717) is 40.3 Å². The maximum Gasteiger partial charge on any atom is 0.265 e. The molecular formula is C19H19FN4O3S. The number of benzene rings is 1. The Balaban J connectivity index is 1.91. The van der Waals surface area contributed by atoms with Crippen LogP contribution in [0.25, 0.3) is 22.0 Å². The molecule has 0 radical (unpaired) electrons. The minimum Gasteiger partial charge on any atom is -0.593 e. The van der Waals surface area contributed by atoms with E-state index in [4.69, 9.17) is 4.74 Å². The monoisotopic (exact) mass is 402 g/mol. The van der Waals surface area contributed by atoms with Gasteiger partial charge in [-0.15, -0.1) is 0 Å². The summed E-state index contributed by atoms with van der Waals surface area (Å²) in [4.78, 5) is 21.1. The maximum atomic E-state index is 14.0. The number of rotatable bonds is 6. The Morgan fingerprint density at radius 3 is 2.89 bits per heavy atom. The fraction of sp³-hybridized carbons (Fsp3) is 0.316. The van der Waals surface area contributed by atoms with Gasteiger partial charge in [0.25, 0.3) is 11.5 Å². The van der Waals surface area contributed by atoms with E-state index in [9.17, 15) is 13.7 Å². The number of pyridine rings is 1. The van der Waals surface area contributed by atoms with Crippen LogP contribution < -0.4 is 15.0 Å². The van der Waals surface area contributed by atoms with Crippen molar-refractivity contribution >= 4 is 28.1 Å². The smallest absolute Gasteiger partial charge is 0.265 e. The van der Waals surface area contributed by atoms with Crippen molar-refractivity contribution in [3.63, 3.8) is 0 Å². The first-order chi connectivity index (χ1) is 13.4. The van der Waals surface area contributed by atoms with Gasteiger partial charge in [-0.3, -0.25) is 4.79 Å². The van der Waals surface area contributed by atoms with Crippen molar-refractivity contribution in [3.05, 3.63) is 46.8 Å². The van der Waals surface area contributed by atoms with Gasteiger partial charge < -0.3 is 13.9 Å². The Morgan fingerprint density at radius 2 is 2.18 bits per heavy atom. The maximum absolute atomic E-state index is 14.0. The van der Waals surface area contributed by atoms with Gasteiger partial charge in [-0.05, 0) is 37.0 Å². The Bertz CT molecular complexity index is 1100. The molecule has 1 unspecified atom stereocenters. The Hall–Kier alpha value is -2.65. The lowest BCUT2D eigenvalue weighted by molar-refractivity contribution is 0.299. The van der Waals surface area contributed by atoms with E-state index in [2.05, 4.69) is 14.7 Å². The lowest BCUT2D eigenvalue weighted by atomic mass is 10.0. The molecular weight excluding hydrogens is 383 g/mol. The highest BCUT2D eigenvalue weighted by Gasteiger charge is 2.24. The summed E-state index contributed by atoms with van der Waals surface area (Å²) < 4.78 is 35.5. The predicted molar refractivity (Wildman–Crippen MR) is 106 cm³/mol. The van der Waals surface area contributed by atoms with E-state index < -0.39 is 17.2 Å². The summed E-state index contributed by atoms with van der Waals surface area (Å²) in [5.74, 6) is 0.657. The highest BCUT2D eigenvalue weighted by molar-refractivity contribution is 7.91. The largest absolute Gasteiger partial charge is 0.593 e. The van der Waals surface area contributed by atoms with Gasteiger partial charge in [-0.25, -0.2) is 14.4 Å². The molecule has 0 bridgehead atoms. The van der Waals surface area contributed by atoms with Crippen molar-refractivity contribution in [1.29, 1.82) is 0 Å². The van der Waals surface area contributed by atoms with Gasteiger partial charge >= 0.3 is 0 Å². The van der Waals surface area contributed by atoms with Crippen LogP contribution >= 0.6 is 0 Å². The molecule has 1 N–H and O–H groups in total. The lowest BCUT2D eigenvalue weighted by Crippen LogP contribution is -2.17. The highest BCUT2D eigenvalue weighted by atomic mass is 32.2. The summed E-state index contributed by atoms with van der Waals surface area (Å²) in [6.07, 6.45) is 6.83. The SMILES string of the molecule is Cn1cc(-c2nc(N[S+](C)[O-])ncc2OCC2CC2)c2cc(F)ccc2c1=O. The summed E-state index contributed by atoms with van der Waals surface area (Å²) in [5, 5.41) is 0.809. The zero-order valence-corrected chi connectivity index (χ0v) is 16.3. The highest BCUT2D eigenvalue weighted by Crippen LogP contribution is 2.35. The van der Waals surface area contributed by atoms with E-state index in [-0.39, 0.29) is 11.5 Å². The van der Waals surface area contributed by atoms with Crippen LogP contribution in [0.5, 0.6) is 5.75 Å². The molecule has 0 saturated heterocycles. The number of nitrogens with zero attached hydrogens (tertiary/aromatic N) is 3. The lowest BCUT2D eigenvalue weighted by Gasteiger charge is -2.15. The first-order valence-corrected chi connectivity index (χ1v) is 10.4. The molecule has 7 nitrogen and oxygen atoms in total. The van der Waals surface area contributed by atoms with Gasteiger partial charge in [0.1, 0.15) is 17.8 Å². The van der Waals surface area contributed by atoms with Crippen molar-refractivity contribution < 1.29 is 13.7 Å². The van der Waals surface area contributed by atoms with Gasteiger partial charge in [0.2, 0.25) is 0 Å². The summed E-state index contributed by atoms with van der Waals surface area (Å²) in [6, 6.07) is 4.03. The molecule has 1 fully saturated rings. The van der Waals surface area contributed by atoms with Crippen molar-refractivity contribution in [2.24, 2.45) is 13.0 Å². The second kappa shape index (κ2) is 7.40. The molecule has 2 aromatic heterocycles. The van der Waals surface area contributed by atoms with Crippen LogP contribution in [0.4, 0.5) is 10.3 Å². The average Bonchev–Trinajstić information content (AvgIpc) is 3.47. The first-order valence-electron chi connectivity index (χ1n) is 8.81. The van der Waals surface area contributed by atoms with Crippen LogP contribution in [0.2, 0.25) is 0 Å². The van der Waals surface area contributed by atoms with Gasteiger partial charge in [0.05, 0.1) is 24.2 Å². The molecule has 1 aromatic carbocycles. The number of anilines is 1. The van der Waals surface area contributed by atoms with Crippen molar-refractivity contribution in [3.8, 4) is 17.0 Å². The number of nitrogens with one attached hydrogen (secondary N) is 1. The predicted octanol–water partition coefficient (Wildman–Crippen LogP) is 2.63. The fourth-order valence-corrected chi connectivity index (χ4v) is 3.32. The summed E-state index contributed by atoms with van der Waals surface area (Å²) in [7, 11) is 1.63. The molecule has 1 aliphatic rings. The van der Waals surface area contributed by atoms with E-state index in [1.807, 2.05) is 0 Å². The number of ether oxygens (including phenoxy) is 1. The van der Waals surface area contributed by atoms with E-state index in [0.717, 1.165) is 12.8 Å². The Labute approximate surface area is 163 Å². The first kappa shape index (κ1) is 18.7. The van der Waals surface area contributed by atoms with Crippen LogP contribution in [0.15, 0.2) is 35.4 Å². The van der Waals surface area contributed by atoms with Crippen LogP contribution in [-0.4, -0.2) is 32.0 Å². The fourth-order valence-electron chi connectivity index (χ4n) is 2.97. The van der Waals surface area contributed by atoms with Crippen LogP contribution in [0, 0.1) is 11.7 Å². The number of aromatic nitrogens is 3. The molecule has 3 aromatic rings. The van der Waals surface area contributed by atoms with E-state index in [1.54, 1.807) is 13.2 Å². The topological polar surface area (TPSA) is 92.1 Å². The van der Waals surface area contributed by atoms with E-state index in [1.165, 1.54) is 35.2 Å². The number of halogens is 1. The van der Waals surface area contributed by atoms with Crippen LogP contribution in [-0.2, 0) is 18.4 Å². The normalized spacial score (nSPS) is 14.9. The number of hydrogen-bond acceptors (Lipinski definition) is 6. The van der Waals surface area contributed by atoms with Gasteiger partial charge in [-0.2, -0.15) is 4.72 Å². The molecule has 9 heteroatoms. The third-order valence-corrected chi connectivity index (χ3v) is 5.03. The van der Waals surface area contributed by atoms with Crippen molar-refractivity contribution in [2.45, 2.75) is 12.8 Å². The van der Waals surface area contributed by atoms with Gasteiger partial charge in [0.15, 0.2) is 5.75 Å². The zero-order chi connectivity index (χ0) is 19.8. The van der Waals surface area contributed by atoms with Crippen molar-refractivity contribution in [1.82, 2.24) is 14.5 Å². The average molecular weight is 402 g/mol. The van der Waals surface area contributed by atoms with E-state index >= 15 is 0 Å². The van der Waals surface area contributed by atoms with Gasteiger partial charge in [0, 0.05) is 29.6 Å². The minimum atomic E-state index is -1.36. The standard InChI is InChI=1S/C19H19FN4O3S/c1-24-9-15(14-7-12(20)5-6-13(14)18(24)25)17-16(27-10-11-3-4-11)8-21-19(22-17)23-28(2)26/h5-9,11H,3-4,10H2,1-2H3,(H,21,22,23). The third kappa shape index (κ3) is 3.81. The molecule has 0 amide bonds. The number of fused-ring (bicyclic) bond motifs is 1. The molecule has 1 atom stereocenters. The molecule has 0 spiro atoms. The molecule has 2 heterocycles. The Kier molecular flexibility index (Phi) is 4.94. The number of aryl methyl sites for hydroxylation is 1. The molecule has 1 aliphatic carbocycles. The summed E-state index contributed by atoms with van der Waals surface area (Å²) >= 11 is -1.36.